The van der Waals surface area contributed by atoms with Gasteiger partial charge in [-0.2, -0.15) is 0 Å². The van der Waals surface area contributed by atoms with Crippen molar-refractivity contribution in [3.05, 3.63) is 35.9 Å². The van der Waals surface area contributed by atoms with Gasteiger partial charge in [0.15, 0.2) is 0 Å². The van der Waals surface area contributed by atoms with E-state index in [1.807, 2.05) is 25.2 Å². The Morgan fingerprint density at radius 1 is 1.27 bits per heavy atom. The highest BCUT2D eigenvalue weighted by Gasteiger charge is 1.94. The van der Waals surface area contributed by atoms with Crippen LogP contribution in [0.3, 0.4) is 0 Å². The Morgan fingerprint density at radius 3 is 2.45 bits per heavy atom. The van der Waals surface area contributed by atoms with Crippen LogP contribution >= 0.6 is 0 Å². The topological polar surface area (TPSA) is 3.24 Å². The Labute approximate surface area is 69.4 Å². The van der Waals surface area contributed by atoms with E-state index < -0.39 is 0 Å². The maximum absolute atomic E-state index is 5.45. The van der Waals surface area contributed by atoms with Crippen molar-refractivity contribution < 1.29 is 0 Å². The zero-order valence-electron chi connectivity index (χ0n) is 6.83. The standard InChI is InChI=1S/C9H12BN/c1-11(8-10)7-9-5-3-2-4-6-9/h2-6H,7-8H2,1H3. The average Bonchev–Trinajstić information content (AvgIpc) is 2.06. The van der Waals surface area contributed by atoms with Crippen LogP contribution in [0.4, 0.5) is 0 Å². The van der Waals surface area contributed by atoms with Crippen LogP contribution in [0.25, 0.3) is 0 Å². The fourth-order valence-electron chi connectivity index (χ4n) is 0.960. The fourth-order valence-corrected chi connectivity index (χ4v) is 0.960. The molecular formula is C9H12BN. The minimum Gasteiger partial charge on any atom is -0.311 e. The van der Waals surface area contributed by atoms with E-state index in [0.717, 1.165) is 6.54 Å². The highest BCUT2D eigenvalue weighted by molar-refractivity contribution is 6.08. The zero-order chi connectivity index (χ0) is 8.10. The highest BCUT2D eigenvalue weighted by Crippen LogP contribution is 2.00. The van der Waals surface area contributed by atoms with Crippen molar-refractivity contribution in [2.75, 3.05) is 13.5 Å². The lowest BCUT2D eigenvalue weighted by Gasteiger charge is -2.13. The highest BCUT2D eigenvalue weighted by atomic mass is 15.1. The van der Waals surface area contributed by atoms with E-state index in [-0.39, 0.29) is 0 Å². The summed E-state index contributed by atoms with van der Waals surface area (Å²) in [6.45, 7) is 0.928. The summed E-state index contributed by atoms with van der Waals surface area (Å²) in [4.78, 5) is 2.06. The molecular weight excluding hydrogens is 133 g/mol. The van der Waals surface area contributed by atoms with Gasteiger partial charge in [-0.05, 0) is 19.1 Å². The van der Waals surface area contributed by atoms with E-state index in [4.69, 9.17) is 7.85 Å². The molecule has 0 bridgehead atoms. The first-order valence-electron chi connectivity index (χ1n) is 3.75. The number of hydrogen-bond donors (Lipinski definition) is 0. The Bertz CT molecular complexity index is 198. The van der Waals surface area contributed by atoms with Gasteiger partial charge in [0.2, 0.25) is 0 Å². The van der Waals surface area contributed by atoms with Crippen molar-refractivity contribution in [2.45, 2.75) is 6.54 Å². The maximum atomic E-state index is 5.45. The largest absolute Gasteiger partial charge is 0.311 e. The number of rotatable bonds is 3. The second-order valence-corrected chi connectivity index (χ2v) is 2.68. The van der Waals surface area contributed by atoms with Crippen LogP contribution in [0, 0.1) is 0 Å². The third-order valence-corrected chi connectivity index (χ3v) is 1.61. The predicted octanol–water partition coefficient (Wildman–Crippen LogP) is 1.24. The molecule has 1 aromatic rings. The molecule has 0 aromatic heterocycles. The summed E-state index contributed by atoms with van der Waals surface area (Å²) < 4.78 is 0. The molecule has 0 aliphatic carbocycles. The van der Waals surface area contributed by atoms with Gasteiger partial charge in [0.05, 0.1) is 7.85 Å². The smallest absolute Gasteiger partial charge is 0.0863 e. The summed E-state index contributed by atoms with van der Waals surface area (Å²) in [6, 6.07) is 10.3. The van der Waals surface area contributed by atoms with Crippen LogP contribution in [0.15, 0.2) is 30.3 Å². The molecule has 0 spiro atoms. The van der Waals surface area contributed by atoms with Gasteiger partial charge in [0.25, 0.3) is 0 Å². The van der Waals surface area contributed by atoms with Gasteiger partial charge in [-0.25, -0.2) is 0 Å². The molecule has 0 N–H and O–H groups in total. The second-order valence-electron chi connectivity index (χ2n) is 2.68. The molecule has 0 atom stereocenters. The first-order chi connectivity index (χ1) is 5.33. The van der Waals surface area contributed by atoms with Crippen LogP contribution in [-0.2, 0) is 6.54 Å². The van der Waals surface area contributed by atoms with Crippen molar-refractivity contribution in [1.82, 2.24) is 4.90 Å². The van der Waals surface area contributed by atoms with Crippen molar-refractivity contribution in [3.63, 3.8) is 0 Å². The molecule has 0 saturated carbocycles. The molecule has 0 fully saturated rings. The lowest BCUT2D eigenvalue weighted by atomic mass is 10.1. The van der Waals surface area contributed by atoms with Crippen LogP contribution < -0.4 is 0 Å². The molecule has 0 heterocycles. The average molecular weight is 145 g/mol. The molecule has 0 aliphatic heterocycles. The van der Waals surface area contributed by atoms with E-state index in [9.17, 15) is 0 Å². The number of benzene rings is 1. The summed E-state index contributed by atoms with van der Waals surface area (Å²) in [6.07, 6.45) is 0.606. The molecule has 0 unspecified atom stereocenters. The summed E-state index contributed by atoms with van der Waals surface area (Å²) in [5, 5.41) is 0. The predicted molar refractivity (Wildman–Crippen MR) is 48.5 cm³/mol. The number of hydrogen-bond acceptors (Lipinski definition) is 1. The van der Waals surface area contributed by atoms with Gasteiger partial charge in [0, 0.05) is 6.54 Å². The quantitative estimate of drug-likeness (QED) is 0.578. The van der Waals surface area contributed by atoms with Gasteiger partial charge in [0.1, 0.15) is 0 Å². The first-order valence-corrected chi connectivity index (χ1v) is 3.75. The van der Waals surface area contributed by atoms with E-state index in [1.54, 1.807) is 0 Å². The van der Waals surface area contributed by atoms with Gasteiger partial charge >= 0.3 is 0 Å². The monoisotopic (exact) mass is 145 g/mol. The molecule has 0 saturated heterocycles. The molecule has 1 nitrogen and oxygen atoms in total. The van der Waals surface area contributed by atoms with E-state index in [2.05, 4.69) is 17.0 Å². The number of nitrogens with zero attached hydrogens (tertiary/aromatic N) is 1. The minimum absolute atomic E-state index is 0.606. The third-order valence-electron chi connectivity index (χ3n) is 1.61. The van der Waals surface area contributed by atoms with Crippen LogP contribution in [-0.4, -0.2) is 26.2 Å². The summed E-state index contributed by atoms with van der Waals surface area (Å²) in [5.41, 5.74) is 1.31. The molecule has 56 valence electrons. The van der Waals surface area contributed by atoms with E-state index >= 15 is 0 Å². The van der Waals surface area contributed by atoms with Gasteiger partial charge in [-0.15, -0.1) is 0 Å². The second kappa shape index (κ2) is 4.19. The Kier molecular flexibility index (Phi) is 3.18. The first kappa shape index (κ1) is 8.34. The van der Waals surface area contributed by atoms with Crippen molar-refractivity contribution >= 4 is 7.85 Å². The lowest BCUT2D eigenvalue weighted by Crippen LogP contribution is -2.18. The normalized spacial score (nSPS) is 10.4. The minimum atomic E-state index is 0.606. The Morgan fingerprint density at radius 2 is 1.91 bits per heavy atom. The van der Waals surface area contributed by atoms with Crippen LogP contribution in [0.2, 0.25) is 0 Å². The van der Waals surface area contributed by atoms with Crippen LogP contribution in [0.1, 0.15) is 5.56 Å². The van der Waals surface area contributed by atoms with Gasteiger partial charge in [-0.3, -0.25) is 0 Å². The Hall–Kier alpha value is -0.755. The molecule has 2 radical (unpaired) electrons. The zero-order valence-corrected chi connectivity index (χ0v) is 6.83. The van der Waals surface area contributed by atoms with E-state index in [0.29, 0.717) is 6.44 Å². The fraction of sp³-hybridized carbons (Fsp3) is 0.333. The molecule has 1 rings (SSSR count). The summed E-state index contributed by atoms with van der Waals surface area (Å²) in [5.74, 6) is 0. The Balaban J connectivity index is 2.51. The summed E-state index contributed by atoms with van der Waals surface area (Å²) in [7, 11) is 7.45. The summed E-state index contributed by atoms with van der Waals surface area (Å²) >= 11 is 0. The van der Waals surface area contributed by atoms with Gasteiger partial charge < -0.3 is 4.90 Å². The van der Waals surface area contributed by atoms with Crippen molar-refractivity contribution in [1.29, 1.82) is 0 Å². The van der Waals surface area contributed by atoms with E-state index in [1.165, 1.54) is 5.56 Å². The third kappa shape index (κ3) is 2.77. The SMILES string of the molecule is [B]CN(C)Cc1ccccc1. The van der Waals surface area contributed by atoms with Crippen molar-refractivity contribution in [2.24, 2.45) is 0 Å². The molecule has 0 aliphatic rings. The molecule has 1 aromatic carbocycles. The maximum Gasteiger partial charge on any atom is 0.0863 e. The molecule has 2 heteroatoms. The van der Waals surface area contributed by atoms with Gasteiger partial charge in [-0.1, -0.05) is 30.3 Å². The molecule has 0 amide bonds. The lowest BCUT2D eigenvalue weighted by molar-refractivity contribution is 0.382. The van der Waals surface area contributed by atoms with Crippen LogP contribution in [0.5, 0.6) is 0 Å². The van der Waals surface area contributed by atoms with Crippen molar-refractivity contribution in [3.8, 4) is 0 Å². The molecule has 11 heavy (non-hydrogen) atoms.